The molecule has 5 aromatic rings. The van der Waals surface area contributed by atoms with Gasteiger partial charge in [-0.3, -0.25) is 0 Å². The number of hydrogen-bond donors (Lipinski definition) is 0. The van der Waals surface area contributed by atoms with Gasteiger partial charge in [0.25, 0.3) is 0 Å². The van der Waals surface area contributed by atoms with Crippen LogP contribution in [0.3, 0.4) is 0 Å². The van der Waals surface area contributed by atoms with Crippen LogP contribution in [0.5, 0.6) is 0 Å². The monoisotopic (exact) mass is 632 g/mol. The minimum Gasteiger partial charge on any atom is -0.374 e. The summed E-state index contributed by atoms with van der Waals surface area (Å²) in [5.41, 5.74) is 3.99. The third-order valence-corrected chi connectivity index (χ3v) is 8.99. The molecule has 0 N–H and O–H groups in total. The number of ether oxygens (including phenoxy) is 5. The topological polar surface area (TPSA) is 46.2 Å². The van der Waals surface area contributed by atoms with E-state index < -0.39 is 24.4 Å². The van der Waals surface area contributed by atoms with Gasteiger partial charge >= 0.3 is 0 Å². The molecule has 46 heavy (non-hydrogen) atoms. The maximum Gasteiger partial charge on any atom is 0.137 e. The summed E-state index contributed by atoms with van der Waals surface area (Å²) in [7, 11) is 0. The van der Waals surface area contributed by atoms with Crippen LogP contribution in [0.1, 0.15) is 22.3 Å². The molecule has 6 heteroatoms. The van der Waals surface area contributed by atoms with Gasteiger partial charge in [-0.1, -0.05) is 151 Å². The van der Waals surface area contributed by atoms with Gasteiger partial charge < -0.3 is 23.7 Å². The van der Waals surface area contributed by atoms with E-state index in [1.165, 1.54) is 0 Å². The summed E-state index contributed by atoms with van der Waals surface area (Å²) in [4.78, 5) is 1.09. The largest absolute Gasteiger partial charge is 0.374 e. The first-order valence-electron chi connectivity index (χ1n) is 15.8. The van der Waals surface area contributed by atoms with E-state index in [9.17, 15) is 0 Å². The van der Waals surface area contributed by atoms with Crippen LogP contribution in [0.15, 0.2) is 157 Å². The molecule has 1 fully saturated rings. The molecule has 1 heterocycles. The third kappa shape index (κ3) is 9.39. The Morgan fingerprint density at radius 2 is 0.826 bits per heavy atom. The minimum atomic E-state index is -0.451. The van der Waals surface area contributed by atoms with Crippen molar-refractivity contribution in [1.29, 1.82) is 0 Å². The normalized spacial score (nSPS) is 21.2. The standard InChI is InChI=1S/C40H40O5S/c1-6-16-31(17-7-1)26-41-30-36-37(42-27-32-18-8-2-9-19-32)38(43-28-33-20-10-3-11-21-33)39(44-29-34-22-12-4-13-23-34)40(45-36)46-35-24-14-5-15-25-35/h1-25,36-40H,26-30H2/t36-,37-,38+,39+,40+/m1/s1. The molecule has 0 aliphatic carbocycles. The van der Waals surface area contributed by atoms with Gasteiger partial charge in [0.2, 0.25) is 0 Å². The van der Waals surface area contributed by atoms with Gasteiger partial charge in [0, 0.05) is 4.90 Å². The Morgan fingerprint density at radius 3 is 1.30 bits per heavy atom. The zero-order valence-electron chi connectivity index (χ0n) is 25.8. The molecule has 1 saturated heterocycles. The van der Waals surface area contributed by atoms with E-state index in [1.54, 1.807) is 11.8 Å². The maximum atomic E-state index is 6.92. The molecule has 0 saturated carbocycles. The smallest absolute Gasteiger partial charge is 0.137 e. The molecule has 0 aromatic heterocycles. The Bertz CT molecular complexity index is 1540. The Labute approximate surface area is 276 Å². The number of thioether (sulfide) groups is 1. The predicted molar refractivity (Wildman–Crippen MR) is 182 cm³/mol. The van der Waals surface area contributed by atoms with Crippen molar-refractivity contribution in [3.63, 3.8) is 0 Å². The molecule has 1 aliphatic rings. The van der Waals surface area contributed by atoms with Crippen molar-refractivity contribution in [3.8, 4) is 0 Å². The fourth-order valence-electron chi connectivity index (χ4n) is 5.48. The van der Waals surface area contributed by atoms with Crippen molar-refractivity contribution in [2.75, 3.05) is 6.61 Å². The van der Waals surface area contributed by atoms with Crippen molar-refractivity contribution in [2.24, 2.45) is 0 Å². The van der Waals surface area contributed by atoms with Gasteiger partial charge in [-0.2, -0.15) is 0 Å². The molecule has 236 valence electrons. The highest BCUT2D eigenvalue weighted by atomic mass is 32.2. The SMILES string of the molecule is c1ccc(COC[C@H]2O[C@@H](Sc3ccccc3)[C@@H](OCc3ccccc3)[C@@H](OCc3ccccc3)[C@@H]2OCc2ccccc2)cc1. The quantitative estimate of drug-likeness (QED) is 0.115. The Morgan fingerprint density at radius 1 is 0.435 bits per heavy atom. The first kappa shape index (κ1) is 32.2. The summed E-state index contributed by atoms with van der Waals surface area (Å²) in [6.45, 7) is 2.08. The summed E-state index contributed by atoms with van der Waals surface area (Å²) in [6.07, 6.45) is -1.72. The first-order chi connectivity index (χ1) is 22.8. The lowest BCUT2D eigenvalue weighted by molar-refractivity contribution is -0.254. The summed E-state index contributed by atoms with van der Waals surface area (Å²) in [5.74, 6) is 0. The number of rotatable bonds is 15. The van der Waals surface area contributed by atoms with Gasteiger partial charge in [-0.15, -0.1) is 0 Å². The lowest BCUT2D eigenvalue weighted by atomic mass is 9.98. The van der Waals surface area contributed by atoms with E-state index in [-0.39, 0.29) is 5.44 Å². The fraction of sp³-hybridized carbons (Fsp3) is 0.250. The molecule has 1 aliphatic heterocycles. The van der Waals surface area contributed by atoms with Crippen molar-refractivity contribution in [3.05, 3.63) is 174 Å². The van der Waals surface area contributed by atoms with Crippen LogP contribution >= 0.6 is 11.8 Å². The summed E-state index contributed by atoms with van der Waals surface area (Å²) >= 11 is 1.64. The second-order valence-corrected chi connectivity index (χ2v) is 12.4. The van der Waals surface area contributed by atoms with Gasteiger partial charge in [0.15, 0.2) is 0 Å². The molecule has 5 atom stereocenters. The van der Waals surface area contributed by atoms with Gasteiger partial charge in [0.05, 0.1) is 33.0 Å². The predicted octanol–water partition coefficient (Wildman–Crippen LogP) is 8.48. The van der Waals surface area contributed by atoms with E-state index in [0.717, 1.165) is 27.1 Å². The molecular weight excluding hydrogens is 593 g/mol. The van der Waals surface area contributed by atoms with E-state index in [0.29, 0.717) is 33.0 Å². The van der Waals surface area contributed by atoms with Gasteiger partial charge in [-0.05, 0) is 34.4 Å². The molecule has 0 bridgehead atoms. The van der Waals surface area contributed by atoms with Crippen LogP contribution in [0.4, 0.5) is 0 Å². The highest BCUT2D eigenvalue weighted by Gasteiger charge is 2.48. The molecule has 0 unspecified atom stereocenters. The molecule has 0 amide bonds. The average Bonchev–Trinajstić information content (AvgIpc) is 3.12. The highest BCUT2D eigenvalue weighted by molar-refractivity contribution is 7.99. The molecule has 6 rings (SSSR count). The Balaban J connectivity index is 1.31. The molecule has 0 radical (unpaired) electrons. The van der Waals surface area contributed by atoms with Crippen LogP contribution < -0.4 is 0 Å². The number of hydrogen-bond acceptors (Lipinski definition) is 6. The Hall–Kier alpha value is -3.75. The molecule has 0 spiro atoms. The van der Waals surface area contributed by atoms with Crippen LogP contribution in [0, 0.1) is 0 Å². The molecule has 5 nitrogen and oxygen atoms in total. The summed E-state index contributed by atoms with van der Waals surface area (Å²) in [6, 6.07) is 51.2. The fourth-order valence-corrected chi connectivity index (χ4v) is 6.62. The minimum absolute atomic E-state index is 0.344. The summed E-state index contributed by atoms with van der Waals surface area (Å²) < 4.78 is 33.6. The first-order valence-corrected chi connectivity index (χ1v) is 16.7. The zero-order valence-corrected chi connectivity index (χ0v) is 26.6. The number of benzene rings is 5. The average molecular weight is 633 g/mol. The van der Waals surface area contributed by atoms with E-state index in [4.69, 9.17) is 23.7 Å². The van der Waals surface area contributed by atoms with Crippen LogP contribution in [0.2, 0.25) is 0 Å². The van der Waals surface area contributed by atoms with E-state index in [2.05, 4.69) is 60.7 Å². The van der Waals surface area contributed by atoms with E-state index >= 15 is 0 Å². The lowest BCUT2D eigenvalue weighted by Crippen LogP contribution is -2.60. The van der Waals surface area contributed by atoms with Crippen molar-refractivity contribution in [1.82, 2.24) is 0 Å². The van der Waals surface area contributed by atoms with E-state index in [1.807, 2.05) is 91.0 Å². The Kier molecular flexibility index (Phi) is 12.1. The zero-order chi connectivity index (χ0) is 31.2. The van der Waals surface area contributed by atoms with Gasteiger partial charge in [-0.25, -0.2) is 0 Å². The second-order valence-electron chi connectivity index (χ2n) is 11.3. The van der Waals surface area contributed by atoms with Crippen LogP contribution in [-0.4, -0.2) is 36.5 Å². The van der Waals surface area contributed by atoms with Crippen LogP contribution in [-0.2, 0) is 50.1 Å². The highest BCUT2D eigenvalue weighted by Crippen LogP contribution is 2.38. The van der Waals surface area contributed by atoms with Crippen LogP contribution in [0.25, 0.3) is 0 Å². The second kappa shape index (κ2) is 17.2. The maximum absolute atomic E-state index is 6.92. The summed E-state index contributed by atoms with van der Waals surface area (Å²) in [5, 5.41) is 0. The third-order valence-electron chi connectivity index (χ3n) is 7.84. The molecule has 5 aromatic carbocycles. The van der Waals surface area contributed by atoms with Crippen molar-refractivity contribution < 1.29 is 23.7 Å². The van der Waals surface area contributed by atoms with Crippen molar-refractivity contribution >= 4 is 11.8 Å². The van der Waals surface area contributed by atoms with Gasteiger partial charge in [0.1, 0.15) is 29.9 Å². The molecular formula is C40H40O5S. The lowest BCUT2D eigenvalue weighted by Gasteiger charge is -2.46. The van der Waals surface area contributed by atoms with Crippen molar-refractivity contribution in [2.45, 2.75) is 61.2 Å².